The molecule has 1 aliphatic heterocycles. The van der Waals surface area contributed by atoms with E-state index in [1.807, 2.05) is 24.3 Å². The Morgan fingerprint density at radius 1 is 1.10 bits per heavy atom. The van der Waals surface area contributed by atoms with Crippen LogP contribution in [0.25, 0.3) is 6.08 Å². The Bertz CT molecular complexity index is 721. The summed E-state index contributed by atoms with van der Waals surface area (Å²) in [4.78, 5) is 12.1. The molecule has 0 radical (unpaired) electrons. The van der Waals surface area contributed by atoms with Crippen molar-refractivity contribution >= 4 is 17.7 Å². The van der Waals surface area contributed by atoms with E-state index in [-0.39, 0.29) is 12.3 Å². The van der Waals surface area contributed by atoms with Gasteiger partial charge in [-0.3, -0.25) is 4.79 Å². The fourth-order valence-corrected chi connectivity index (χ4v) is 2.08. The van der Waals surface area contributed by atoms with Gasteiger partial charge < -0.3 is 10.1 Å². The third-order valence-electron chi connectivity index (χ3n) is 3.04. The topological polar surface area (TPSA) is 38.3 Å². The molecular weight excluding hydrogens is 276 g/mol. The lowest BCUT2D eigenvalue weighted by Crippen LogP contribution is -2.21. The third kappa shape index (κ3) is 2.91. The van der Waals surface area contributed by atoms with E-state index >= 15 is 0 Å². The monoisotopic (exact) mass is 287 g/mol. The number of para-hydroxylation sites is 1. The molecular formula is C16H11F2NO2. The zero-order valence-electron chi connectivity index (χ0n) is 10.9. The van der Waals surface area contributed by atoms with Crippen LogP contribution in [0, 0.1) is 11.6 Å². The minimum atomic E-state index is -0.746. The number of carbonyl (C=O) groups is 1. The van der Waals surface area contributed by atoms with Gasteiger partial charge in [-0.25, -0.2) is 8.78 Å². The Morgan fingerprint density at radius 2 is 1.81 bits per heavy atom. The quantitative estimate of drug-likeness (QED) is 0.919. The fourth-order valence-electron chi connectivity index (χ4n) is 2.08. The molecule has 21 heavy (non-hydrogen) atoms. The first-order valence-electron chi connectivity index (χ1n) is 6.32. The summed E-state index contributed by atoms with van der Waals surface area (Å²) >= 11 is 0. The van der Waals surface area contributed by atoms with Crippen molar-refractivity contribution in [3.05, 3.63) is 65.2 Å². The van der Waals surface area contributed by atoms with Gasteiger partial charge in [0, 0.05) is 17.3 Å². The number of anilines is 1. The summed E-state index contributed by atoms with van der Waals surface area (Å²) in [5.74, 6) is -1.24. The molecule has 0 saturated heterocycles. The number of benzene rings is 2. The molecule has 1 aliphatic rings. The first kappa shape index (κ1) is 13.3. The standard InChI is InChI=1S/C16H11F2NO2/c17-12-6-13(18)8-14(7-12)19-16(20)11-5-10-3-1-2-4-15(10)21-9-11/h1-8H,9H2,(H,19,20). The molecule has 0 saturated carbocycles. The van der Waals surface area contributed by atoms with Crippen LogP contribution in [-0.2, 0) is 4.79 Å². The van der Waals surface area contributed by atoms with Crippen LogP contribution in [0.2, 0.25) is 0 Å². The first-order chi connectivity index (χ1) is 10.1. The highest BCUT2D eigenvalue weighted by Gasteiger charge is 2.17. The van der Waals surface area contributed by atoms with E-state index < -0.39 is 17.5 Å². The van der Waals surface area contributed by atoms with Gasteiger partial charge >= 0.3 is 0 Å². The van der Waals surface area contributed by atoms with Gasteiger partial charge in [0.1, 0.15) is 24.0 Å². The Hall–Kier alpha value is -2.69. The van der Waals surface area contributed by atoms with Gasteiger partial charge in [-0.05, 0) is 24.3 Å². The lowest BCUT2D eigenvalue weighted by molar-refractivity contribution is -0.113. The van der Waals surface area contributed by atoms with Crippen LogP contribution in [0.3, 0.4) is 0 Å². The molecule has 0 fully saturated rings. The normalized spacial score (nSPS) is 13.0. The summed E-state index contributed by atoms with van der Waals surface area (Å²) in [5.41, 5.74) is 1.25. The van der Waals surface area contributed by atoms with Crippen molar-refractivity contribution < 1.29 is 18.3 Å². The van der Waals surface area contributed by atoms with Gasteiger partial charge in [0.15, 0.2) is 0 Å². The van der Waals surface area contributed by atoms with E-state index in [1.54, 1.807) is 6.08 Å². The molecule has 0 unspecified atom stereocenters. The van der Waals surface area contributed by atoms with Gasteiger partial charge in [-0.15, -0.1) is 0 Å². The van der Waals surface area contributed by atoms with Crippen molar-refractivity contribution in [1.29, 1.82) is 0 Å². The first-order valence-corrected chi connectivity index (χ1v) is 6.32. The number of rotatable bonds is 2. The Balaban J connectivity index is 1.82. The molecule has 0 aliphatic carbocycles. The third-order valence-corrected chi connectivity index (χ3v) is 3.04. The molecule has 2 aromatic carbocycles. The van der Waals surface area contributed by atoms with Crippen LogP contribution in [-0.4, -0.2) is 12.5 Å². The van der Waals surface area contributed by atoms with Crippen LogP contribution < -0.4 is 10.1 Å². The number of hydrogen-bond donors (Lipinski definition) is 1. The van der Waals surface area contributed by atoms with Crippen LogP contribution in [0.4, 0.5) is 14.5 Å². The van der Waals surface area contributed by atoms with Crippen LogP contribution >= 0.6 is 0 Å². The maximum atomic E-state index is 13.1. The highest BCUT2D eigenvalue weighted by atomic mass is 19.1. The lowest BCUT2D eigenvalue weighted by atomic mass is 10.1. The number of carbonyl (C=O) groups excluding carboxylic acids is 1. The van der Waals surface area contributed by atoms with Crippen LogP contribution in [0.5, 0.6) is 5.75 Å². The lowest BCUT2D eigenvalue weighted by Gasteiger charge is -2.17. The molecule has 106 valence electrons. The number of hydrogen-bond acceptors (Lipinski definition) is 2. The van der Waals surface area contributed by atoms with Gasteiger partial charge in [0.05, 0.1) is 5.57 Å². The van der Waals surface area contributed by atoms with Gasteiger partial charge in [-0.1, -0.05) is 18.2 Å². The maximum absolute atomic E-state index is 13.1. The molecule has 0 atom stereocenters. The van der Waals surface area contributed by atoms with E-state index in [0.29, 0.717) is 11.3 Å². The van der Waals surface area contributed by atoms with Crippen molar-refractivity contribution in [2.45, 2.75) is 0 Å². The highest BCUT2D eigenvalue weighted by molar-refractivity contribution is 6.07. The zero-order chi connectivity index (χ0) is 14.8. The molecule has 1 heterocycles. The molecule has 5 heteroatoms. The molecule has 1 amide bonds. The van der Waals surface area contributed by atoms with E-state index in [2.05, 4.69) is 5.32 Å². The highest BCUT2D eigenvalue weighted by Crippen LogP contribution is 2.26. The van der Waals surface area contributed by atoms with Gasteiger partial charge in [0.25, 0.3) is 5.91 Å². The maximum Gasteiger partial charge on any atom is 0.255 e. The van der Waals surface area contributed by atoms with Gasteiger partial charge in [0.2, 0.25) is 0 Å². The zero-order valence-corrected chi connectivity index (χ0v) is 10.9. The molecule has 0 aromatic heterocycles. The average molecular weight is 287 g/mol. The summed E-state index contributed by atoms with van der Waals surface area (Å²) in [6.45, 7) is 0.112. The number of nitrogens with one attached hydrogen (secondary N) is 1. The second kappa shape index (κ2) is 5.36. The van der Waals surface area contributed by atoms with Crippen molar-refractivity contribution in [1.82, 2.24) is 0 Å². The van der Waals surface area contributed by atoms with Crippen molar-refractivity contribution in [3.63, 3.8) is 0 Å². The minimum absolute atomic E-state index is 0.0669. The number of halogens is 2. The number of amides is 1. The fraction of sp³-hybridized carbons (Fsp3) is 0.0625. The molecule has 0 spiro atoms. The van der Waals surface area contributed by atoms with E-state index in [1.165, 1.54) is 0 Å². The van der Waals surface area contributed by atoms with Crippen molar-refractivity contribution in [2.75, 3.05) is 11.9 Å². The van der Waals surface area contributed by atoms with Crippen molar-refractivity contribution in [3.8, 4) is 5.75 Å². The molecule has 3 rings (SSSR count). The minimum Gasteiger partial charge on any atom is -0.488 e. The van der Waals surface area contributed by atoms with Crippen LogP contribution in [0.15, 0.2) is 48.0 Å². The predicted molar refractivity (Wildman–Crippen MR) is 74.9 cm³/mol. The smallest absolute Gasteiger partial charge is 0.255 e. The average Bonchev–Trinajstić information content (AvgIpc) is 2.45. The Kier molecular flexibility index (Phi) is 3.39. The number of fused-ring (bicyclic) bond motifs is 1. The van der Waals surface area contributed by atoms with E-state index in [4.69, 9.17) is 4.74 Å². The van der Waals surface area contributed by atoms with E-state index in [9.17, 15) is 13.6 Å². The molecule has 1 N–H and O–H groups in total. The van der Waals surface area contributed by atoms with Crippen LogP contribution in [0.1, 0.15) is 5.56 Å². The summed E-state index contributed by atoms with van der Waals surface area (Å²) in [6, 6.07) is 10.2. The van der Waals surface area contributed by atoms with Crippen molar-refractivity contribution in [2.24, 2.45) is 0 Å². The molecule has 2 aromatic rings. The summed E-state index contributed by atoms with van der Waals surface area (Å²) in [6.07, 6.45) is 1.70. The largest absolute Gasteiger partial charge is 0.488 e. The molecule has 0 bridgehead atoms. The summed E-state index contributed by atoms with van der Waals surface area (Å²) in [7, 11) is 0. The Labute approximate surface area is 119 Å². The molecule has 3 nitrogen and oxygen atoms in total. The van der Waals surface area contributed by atoms with E-state index in [0.717, 1.165) is 23.8 Å². The SMILES string of the molecule is O=C(Nc1cc(F)cc(F)c1)C1=Cc2ccccc2OC1. The second-order valence-electron chi connectivity index (χ2n) is 4.61. The number of ether oxygens (including phenoxy) is 1. The van der Waals surface area contributed by atoms with Gasteiger partial charge in [-0.2, -0.15) is 0 Å². The second-order valence-corrected chi connectivity index (χ2v) is 4.61. The summed E-state index contributed by atoms with van der Waals surface area (Å²) < 4.78 is 31.6. The Morgan fingerprint density at radius 3 is 2.57 bits per heavy atom. The predicted octanol–water partition coefficient (Wildman–Crippen LogP) is 3.38. The summed E-state index contributed by atoms with van der Waals surface area (Å²) in [5, 5.41) is 2.46.